The van der Waals surface area contributed by atoms with Crippen LogP contribution >= 0.6 is 0 Å². The first-order valence-electron chi connectivity index (χ1n) is 9.20. The Balaban J connectivity index is 1.89. The Kier molecular flexibility index (Phi) is 4.85. The number of nitrogens with one attached hydrogen (secondary N) is 1. The van der Waals surface area contributed by atoms with Crippen molar-refractivity contribution in [1.29, 1.82) is 0 Å². The highest BCUT2D eigenvalue weighted by molar-refractivity contribution is 6.13. The number of non-ortho nitro benzene ring substituents is 1. The van der Waals surface area contributed by atoms with Gasteiger partial charge in [-0.25, -0.2) is 0 Å². The number of rotatable bonds is 4. The van der Waals surface area contributed by atoms with Crippen LogP contribution < -0.4 is 10.9 Å². The van der Waals surface area contributed by atoms with E-state index in [0.717, 1.165) is 10.9 Å². The number of anilines is 1. The van der Waals surface area contributed by atoms with Crippen LogP contribution in [0.5, 0.6) is 0 Å². The standard InChI is InChI=1S/C23H17N3O4/c1-25-19-10-6-5-9-18(19)20(15-7-3-2-4-8-15)21(23(25)28)22(27)24-16-11-13-17(14-12-16)26(29)30/h2-14H,1H3,(H,24,27). The largest absolute Gasteiger partial charge is 0.322 e. The average molecular weight is 399 g/mol. The van der Waals surface area contributed by atoms with Gasteiger partial charge in [0.2, 0.25) is 0 Å². The fourth-order valence-corrected chi connectivity index (χ4v) is 3.47. The van der Waals surface area contributed by atoms with Gasteiger partial charge in [0.05, 0.1) is 10.4 Å². The summed E-state index contributed by atoms with van der Waals surface area (Å²) in [5.41, 5.74) is 1.88. The predicted molar refractivity (Wildman–Crippen MR) is 116 cm³/mol. The number of hydrogen-bond donors (Lipinski definition) is 1. The minimum Gasteiger partial charge on any atom is -0.322 e. The van der Waals surface area contributed by atoms with E-state index in [-0.39, 0.29) is 11.3 Å². The molecule has 0 saturated heterocycles. The molecule has 0 unspecified atom stereocenters. The summed E-state index contributed by atoms with van der Waals surface area (Å²) >= 11 is 0. The Bertz CT molecular complexity index is 1330. The summed E-state index contributed by atoms with van der Waals surface area (Å²) in [5.74, 6) is -0.575. The van der Waals surface area contributed by atoms with Crippen LogP contribution in [0, 0.1) is 10.1 Å². The lowest BCUT2D eigenvalue weighted by Gasteiger charge is -2.16. The topological polar surface area (TPSA) is 94.2 Å². The predicted octanol–water partition coefficient (Wildman–Crippen LogP) is 4.37. The third-order valence-electron chi connectivity index (χ3n) is 4.93. The van der Waals surface area contributed by atoms with Crippen LogP contribution in [0.15, 0.2) is 83.7 Å². The van der Waals surface area contributed by atoms with Gasteiger partial charge in [-0.1, -0.05) is 48.5 Å². The number of amides is 1. The number of nitrogens with zero attached hydrogens (tertiary/aromatic N) is 2. The number of nitro benzene ring substituents is 1. The summed E-state index contributed by atoms with van der Waals surface area (Å²) in [5, 5.41) is 14.3. The Morgan fingerprint density at radius 3 is 2.23 bits per heavy atom. The van der Waals surface area contributed by atoms with Gasteiger partial charge in [-0.05, 0) is 23.8 Å². The zero-order valence-electron chi connectivity index (χ0n) is 16.0. The lowest BCUT2D eigenvalue weighted by Crippen LogP contribution is -2.29. The van der Waals surface area contributed by atoms with E-state index in [1.807, 2.05) is 54.6 Å². The van der Waals surface area contributed by atoms with Gasteiger partial charge in [0, 0.05) is 35.8 Å². The molecule has 0 fully saturated rings. The molecule has 1 heterocycles. The van der Waals surface area contributed by atoms with Crippen LogP contribution in [0.3, 0.4) is 0 Å². The minimum absolute atomic E-state index is 0.0146. The molecular weight excluding hydrogens is 382 g/mol. The first-order chi connectivity index (χ1) is 14.5. The lowest BCUT2D eigenvalue weighted by atomic mass is 9.95. The number of carbonyl (C=O) groups excluding carboxylic acids is 1. The van der Waals surface area contributed by atoms with Crippen molar-refractivity contribution in [1.82, 2.24) is 4.57 Å². The summed E-state index contributed by atoms with van der Waals surface area (Å²) in [6.45, 7) is 0. The summed E-state index contributed by atoms with van der Waals surface area (Å²) in [6.07, 6.45) is 0. The smallest absolute Gasteiger partial charge is 0.269 e. The molecule has 0 spiro atoms. The van der Waals surface area contributed by atoms with Gasteiger partial charge in [0.1, 0.15) is 5.56 Å². The average Bonchev–Trinajstić information content (AvgIpc) is 2.77. The second-order valence-corrected chi connectivity index (χ2v) is 6.76. The molecule has 0 aliphatic carbocycles. The molecule has 4 aromatic rings. The maximum atomic E-state index is 13.2. The number of hydrogen-bond acceptors (Lipinski definition) is 4. The van der Waals surface area contributed by atoms with Crippen molar-refractivity contribution in [3.8, 4) is 11.1 Å². The maximum Gasteiger partial charge on any atom is 0.269 e. The van der Waals surface area contributed by atoms with Crippen LogP contribution in [0.1, 0.15) is 10.4 Å². The highest BCUT2D eigenvalue weighted by atomic mass is 16.6. The lowest BCUT2D eigenvalue weighted by molar-refractivity contribution is -0.384. The summed E-state index contributed by atoms with van der Waals surface area (Å²) in [7, 11) is 1.63. The van der Waals surface area contributed by atoms with Gasteiger partial charge in [-0.3, -0.25) is 19.7 Å². The van der Waals surface area contributed by atoms with Gasteiger partial charge in [0.15, 0.2) is 0 Å². The van der Waals surface area contributed by atoms with Crippen molar-refractivity contribution in [2.24, 2.45) is 7.05 Å². The van der Waals surface area contributed by atoms with Crippen molar-refractivity contribution in [3.63, 3.8) is 0 Å². The molecule has 30 heavy (non-hydrogen) atoms. The fourth-order valence-electron chi connectivity index (χ4n) is 3.47. The number of aryl methyl sites for hydroxylation is 1. The number of nitro groups is 1. The van der Waals surface area contributed by atoms with Crippen molar-refractivity contribution in [2.45, 2.75) is 0 Å². The Labute approximate surface area is 171 Å². The SMILES string of the molecule is Cn1c(=O)c(C(=O)Nc2ccc([N+](=O)[O-])cc2)c(-c2ccccc2)c2ccccc21. The second kappa shape index (κ2) is 7.63. The summed E-state index contributed by atoms with van der Waals surface area (Å²) < 4.78 is 1.45. The van der Waals surface area contributed by atoms with Crippen molar-refractivity contribution in [2.75, 3.05) is 5.32 Å². The van der Waals surface area contributed by atoms with E-state index in [9.17, 15) is 19.7 Å². The van der Waals surface area contributed by atoms with Gasteiger partial charge >= 0.3 is 0 Å². The molecule has 4 rings (SSSR count). The number of carbonyl (C=O) groups is 1. The molecule has 1 aromatic heterocycles. The molecule has 7 heteroatoms. The van der Waals surface area contributed by atoms with Crippen LogP contribution in [0.4, 0.5) is 11.4 Å². The maximum absolute atomic E-state index is 13.2. The molecule has 0 bridgehead atoms. The van der Waals surface area contributed by atoms with Crippen molar-refractivity contribution in [3.05, 3.63) is 105 Å². The minimum atomic E-state index is -0.575. The molecule has 0 saturated carbocycles. The van der Waals surface area contributed by atoms with Gasteiger partial charge in [-0.15, -0.1) is 0 Å². The number of pyridine rings is 1. The van der Waals surface area contributed by atoms with Gasteiger partial charge in [0.25, 0.3) is 17.2 Å². The molecule has 0 radical (unpaired) electrons. The zero-order valence-corrected chi connectivity index (χ0v) is 16.0. The molecule has 3 aromatic carbocycles. The van der Waals surface area contributed by atoms with Crippen LogP contribution in [-0.2, 0) is 7.05 Å². The summed E-state index contributed by atoms with van der Waals surface area (Å²) in [4.78, 5) is 36.7. The van der Waals surface area contributed by atoms with Gasteiger partial charge in [-0.2, -0.15) is 0 Å². The van der Waals surface area contributed by atoms with Crippen molar-refractivity contribution >= 4 is 28.2 Å². The first-order valence-corrected chi connectivity index (χ1v) is 9.20. The Hall–Kier alpha value is -4.26. The Morgan fingerprint density at radius 1 is 0.933 bits per heavy atom. The number of benzene rings is 3. The second-order valence-electron chi connectivity index (χ2n) is 6.76. The van der Waals surface area contributed by atoms with E-state index in [4.69, 9.17) is 0 Å². The van der Waals surface area contributed by atoms with Gasteiger partial charge < -0.3 is 9.88 Å². The van der Waals surface area contributed by atoms with Crippen LogP contribution in [0.2, 0.25) is 0 Å². The van der Waals surface area contributed by atoms with E-state index in [2.05, 4.69) is 5.32 Å². The number of para-hydroxylation sites is 1. The van der Waals surface area contributed by atoms with Crippen LogP contribution in [0.25, 0.3) is 22.0 Å². The molecule has 1 amide bonds. The van der Waals surface area contributed by atoms with E-state index in [1.54, 1.807) is 7.05 Å². The summed E-state index contributed by atoms with van der Waals surface area (Å²) in [6, 6.07) is 22.1. The molecule has 0 aliphatic rings. The fraction of sp³-hybridized carbons (Fsp3) is 0.0435. The van der Waals surface area contributed by atoms with E-state index >= 15 is 0 Å². The highest BCUT2D eigenvalue weighted by Crippen LogP contribution is 2.30. The molecular formula is C23H17N3O4. The third-order valence-corrected chi connectivity index (χ3v) is 4.93. The zero-order chi connectivity index (χ0) is 21.3. The van der Waals surface area contributed by atoms with E-state index < -0.39 is 16.4 Å². The quantitative estimate of drug-likeness (QED) is 0.407. The molecule has 148 valence electrons. The molecule has 0 aliphatic heterocycles. The first kappa shape index (κ1) is 19.1. The number of fused-ring (bicyclic) bond motifs is 1. The van der Waals surface area contributed by atoms with Crippen LogP contribution in [-0.4, -0.2) is 15.4 Å². The third kappa shape index (κ3) is 3.33. The molecule has 7 nitrogen and oxygen atoms in total. The van der Waals surface area contributed by atoms with E-state index in [1.165, 1.54) is 28.8 Å². The monoisotopic (exact) mass is 399 g/mol. The Morgan fingerprint density at radius 2 is 1.57 bits per heavy atom. The normalized spacial score (nSPS) is 10.7. The number of aromatic nitrogens is 1. The molecule has 0 atom stereocenters. The van der Waals surface area contributed by atoms with E-state index in [0.29, 0.717) is 16.8 Å². The molecule has 1 N–H and O–H groups in total. The van der Waals surface area contributed by atoms with Crippen molar-refractivity contribution < 1.29 is 9.72 Å². The highest BCUT2D eigenvalue weighted by Gasteiger charge is 2.22.